The van der Waals surface area contributed by atoms with Crippen LogP contribution in [0.1, 0.15) is 20.8 Å². The van der Waals surface area contributed by atoms with Gasteiger partial charge in [0.2, 0.25) is 0 Å². The topological polar surface area (TPSA) is 84.9 Å². The number of hydrogen-bond acceptors (Lipinski definition) is 4. The maximum Gasteiger partial charge on any atom is 0.347 e. The van der Waals surface area contributed by atoms with Crippen molar-refractivity contribution in [1.82, 2.24) is 0 Å². The monoisotopic (exact) mass is 341 g/mol. The molecule has 0 bridgehead atoms. The third-order valence-corrected chi connectivity index (χ3v) is 3.99. The minimum atomic E-state index is -1.30. The Hall–Kier alpha value is -3.02. The maximum atomic E-state index is 11.7. The molecule has 1 aliphatic heterocycles. The number of carbonyl (C=O) groups excluding carboxylic acids is 1. The summed E-state index contributed by atoms with van der Waals surface area (Å²) in [5, 5.41) is 11.9. The van der Waals surface area contributed by atoms with E-state index in [2.05, 4.69) is 5.32 Å². The zero-order chi connectivity index (χ0) is 18.2. The van der Waals surface area contributed by atoms with E-state index in [0.717, 1.165) is 11.1 Å². The number of carboxylic acids is 1. The van der Waals surface area contributed by atoms with Crippen LogP contribution in [0.25, 0.3) is 11.1 Å². The Morgan fingerprint density at radius 3 is 2.44 bits per heavy atom. The van der Waals surface area contributed by atoms with E-state index in [9.17, 15) is 9.59 Å². The molecule has 1 amide bonds. The number of nitrogens with one attached hydrogen (secondary N) is 1. The van der Waals surface area contributed by atoms with Crippen molar-refractivity contribution < 1.29 is 24.2 Å². The predicted octanol–water partition coefficient (Wildman–Crippen LogP) is 3.32. The van der Waals surface area contributed by atoms with Crippen molar-refractivity contribution in [1.29, 1.82) is 0 Å². The summed E-state index contributed by atoms with van der Waals surface area (Å²) >= 11 is 0. The molecule has 1 atom stereocenters. The summed E-state index contributed by atoms with van der Waals surface area (Å²) in [5.41, 5.74) is 1.15. The molecule has 2 aromatic rings. The summed E-state index contributed by atoms with van der Waals surface area (Å²) < 4.78 is 11.0. The van der Waals surface area contributed by atoms with E-state index in [1.165, 1.54) is 13.8 Å². The number of carbonyl (C=O) groups is 2. The fourth-order valence-corrected chi connectivity index (χ4v) is 2.44. The van der Waals surface area contributed by atoms with Crippen LogP contribution in [0.5, 0.6) is 11.5 Å². The fraction of sp³-hybridized carbons (Fsp3) is 0.263. The summed E-state index contributed by atoms with van der Waals surface area (Å²) in [7, 11) is 0. The Morgan fingerprint density at radius 1 is 1.16 bits per heavy atom. The van der Waals surface area contributed by atoms with E-state index in [1.54, 1.807) is 19.1 Å². The van der Waals surface area contributed by atoms with Crippen molar-refractivity contribution in [2.75, 3.05) is 5.32 Å². The van der Waals surface area contributed by atoms with Crippen LogP contribution in [-0.2, 0) is 9.59 Å². The van der Waals surface area contributed by atoms with Gasteiger partial charge in [0, 0.05) is 0 Å². The molecule has 1 unspecified atom stereocenters. The van der Waals surface area contributed by atoms with Crippen LogP contribution in [-0.4, -0.2) is 28.7 Å². The number of anilines is 1. The zero-order valence-corrected chi connectivity index (χ0v) is 14.2. The van der Waals surface area contributed by atoms with E-state index in [1.807, 2.05) is 30.3 Å². The van der Waals surface area contributed by atoms with Gasteiger partial charge in [-0.3, -0.25) is 4.79 Å². The minimum Gasteiger partial charge on any atom is -0.479 e. The van der Waals surface area contributed by atoms with Gasteiger partial charge < -0.3 is 19.9 Å². The first kappa shape index (κ1) is 16.8. The molecular formula is C19H19NO5. The summed E-state index contributed by atoms with van der Waals surface area (Å²) in [6.45, 7) is 4.69. The van der Waals surface area contributed by atoms with Crippen LogP contribution in [0, 0.1) is 0 Å². The molecule has 0 fully saturated rings. The SMILES string of the molecule is CC1Oc2ccc(-c3ccc(OC(C)(C)C(=O)O)cc3)cc2NC1=O. The van der Waals surface area contributed by atoms with Crippen molar-refractivity contribution in [3.8, 4) is 22.6 Å². The molecule has 130 valence electrons. The van der Waals surface area contributed by atoms with Gasteiger partial charge in [-0.15, -0.1) is 0 Å². The molecule has 2 N–H and O–H groups in total. The van der Waals surface area contributed by atoms with Gasteiger partial charge in [-0.05, 0) is 56.2 Å². The van der Waals surface area contributed by atoms with Gasteiger partial charge >= 0.3 is 5.97 Å². The molecule has 0 saturated heterocycles. The highest BCUT2D eigenvalue weighted by Crippen LogP contribution is 2.34. The van der Waals surface area contributed by atoms with Crippen molar-refractivity contribution >= 4 is 17.6 Å². The third kappa shape index (κ3) is 3.42. The minimum absolute atomic E-state index is 0.177. The lowest BCUT2D eigenvalue weighted by Gasteiger charge is -2.24. The Bertz CT molecular complexity index is 826. The lowest BCUT2D eigenvalue weighted by molar-refractivity contribution is -0.152. The molecule has 0 radical (unpaired) electrons. The zero-order valence-electron chi connectivity index (χ0n) is 14.2. The number of rotatable bonds is 4. The Labute approximate surface area is 145 Å². The number of ether oxygens (including phenoxy) is 2. The van der Waals surface area contributed by atoms with Gasteiger partial charge in [0.25, 0.3) is 5.91 Å². The number of amides is 1. The molecule has 1 aliphatic rings. The first-order valence-corrected chi connectivity index (χ1v) is 7.91. The smallest absolute Gasteiger partial charge is 0.347 e. The van der Waals surface area contributed by atoms with Gasteiger partial charge in [0.1, 0.15) is 11.5 Å². The third-order valence-electron chi connectivity index (χ3n) is 3.99. The molecule has 6 heteroatoms. The quantitative estimate of drug-likeness (QED) is 0.891. The Kier molecular flexibility index (Phi) is 4.12. The van der Waals surface area contributed by atoms with Crippen molar-refractivity contribution in [3.63, 3.8) is 0 Å². The van der Waals surface area contributed by atoms with Crippen LogP contribution in [0.3, 0.4) is 0 Å². The first-order chi connectivity index (χ1) is 11.8. The summed E-state index contributed by atoms with van der Waals surface area (Å²) in [4.78, 5) is 22.9. The molecule has 0 aliphatic carbocycles. The van der Waals surface area contributed by atoms with E-state index in [0.29, 0.717) is 17.2 Å². The first-order valence-electron chi connectivity index (χ1n) is 7.91. The van der Waals surface area contributed by atoms with Gasteiger partial charge in [-0.1, -0.05) is 18.2 Å². The van der Waals surface area contributed by atoms with Crippen molar-refractivity contribution in [2.24, 2.45) is 0 Å². The van der Waals surface area contributed by atoms with Crippen LogP contribution >= 0.6 is 0 Å². The summed E-state index contributed by atoms with van der Waals surface area (Å²) in [5.74, 6) is -0.0980. The average molecular weight is 341 g/mol. The van der Waals surface area contributed by atoms with E-state index >= 15 is 0 Å². The number of carboxylic acid groups (broad SMARTS) is 1. The van der Waals surface area contributed by atoms with Crippen LogP contribution in [0.4, 0.5) is 5.69 Å². The van der Waals surface area contributed by atoms with Gasteiger partial charge in [-0.25, -0.2) is 4.79 Å². The number of benzene rings is 2. The Morgan fingerprint density at radius 2 is 1.80 bits per heavy atom. The second kappa shape index (κ2) is 6.12. The lowest BCUT2D eigenvalue weighted by atomic mass is 10.0. The summed E-state index contributed by atoms with van der Waals surface area (Å²) in [6, 6.07) is 12.7. The lowest BCUT2D eigenvalue weighted by Crippen LogP contribution is -2.37. The second-order valence-electron chi connectivity index (χ2n) is 6.40. The molecule has 25 heavy (non-hydrogen) atoms. The molecule has 0 spiro atoms. The fourth-order valence-electron chi connectivity index (χ4n) is 2.44. The second-order valence-corrected chi connectivity index (χ2v) is 6.40. The molecule has 0 aromatic heterocycles. The normalized spacial score (nSPS) is 16.4. The highest BCUT2D eigenvalue weighted by molar-refractivity contribution is 5.98. The van der Waals surface area contributed by atoms with Crippen LogP contribution in [0.15, 0.2) is 42.5 Å². The van der Waals surface area contributed by atoms with Gasteiger partial charge in [-0.2, -0.15) is 0 Å². The molecular weight excluding hydrogens is 322 g/mol. The number of aliphatic carboxylic acids is 1. The molecule has 3 rings (SSSR count). The van der Waals surface area contributed by atoms with Gasteiger partial charge in [0.05, 0.1) is 5.69 Å². The van der Waals surface area contributed by atoms with Crippen LogP contribution in [0.2, 0.25) is 0 Å². The predicted molar refractivity (Wildman–Crippen MR) is 92.9 cm³/mol. The van der Waals surface area contributed by atoms with E-state index < -0.39 is 17.7 Å². The number of hydrogen-bond donors (Lipinski definition) is 2. The van der Waals surface area contributed by atoms with Gasteiger partial charge in [0.15, 0.2) is 11.7 Å². The standard InChI is InChI=1S/C19H19NO5/c1-11-17(21)20-15-10-13(6-9-16(15)24-11)12-4-7-14(8-5-12)25-19(2,3)18(22)23/h4-11H,1-3H3,(H,20,21)(H,22,23). The largest absolute Gasteiger partial charge is 0.479 e. The van der Waals surface area contributed by atoms with Crippen molar-refractivity contribution in [2.45, 2.75) is 32.5 Å². The average Bonchev–Trinajstić information content (AvgIpc) is 2.56. The summed E-state index contributed by atoms with van der Waals surface area (Å²) in [6.07, 6.45) is -0.507. The Balaban J connectivity index is 1.83. The highest BCUT2D eigenvalue weighted by atomic mass is 16.5. The number of fused-ring (bicyclic) bond motifs is 1. The molecule has 0 saturated carbocycles. The molecule has 2 aromatic carbocycles. The molecule has 6 nitrogen and oxygen atoms in total. The molecule has 1 heterocycles. The van der Waals surface area contributed by atoms with E-state index in [4.69, 9.17) is 14.6 Å². The maximum absolute atomic E-state index is 11.7. The van der Waals surface area contributed by atoms with Crippen molar-refractivity contribution in [3.05, 3.63) is 42.5 Å². The van der Waals surface area contributed by atoms with E-state index in [-0.39, 0.29) is 5.91 Å². The highest BCUT2D eigenvalue weighted by Gasteiger charge is 2.29. The van der Waals surface area contributed by atoms with Crippen LogP contribution < -0.4 is 14.8 Å².